The fourth-order valence-corrected chi connectivity index (χ4v) is 1.75. The molecular weight excluding hydrogens is 184 g/mol. The van der Waals surface area contributed by atoms with Crippen LogP contribution < -0.4 is 5.32 Å². The first-order valence-electron chi connectivity index (χ1n) is 5.74. The smallest absolute Gasteiger partial charge is 0.0300 e. The lowest BCUT2D eigenvalue weighted by Crippen LogP contribution is -2.23. The summed E-state index contributed by atoms with van der Waals surface area (Å²) in [6.07, 6.45) is 6.10. The molecule has 84 valence electrons. The summed E-state index contributed by atoms with van der Waals surface area (Å²) in [4.78, 5) is 4.15. The highest BCUT2D eigenvalue weighted by Crippen LogP contribution is 2.24. The second-order valence-corrected chi connectivity index (χ2v) is 4.81. The van der Waals surface area contributed by atoms with Gasteiger partial charge in [0.25, 0.3) is 0 Å². The van der Waals surface area contributed by atoms with Crippen molar-refractivity contribution in [3.05, 3.63) is 30.1 Å². The Hall–Kier alpha value is -0.890. The SMILES string of the molecule is CCNCCC(C)(C)Cc1cccnc1. The first-order valence-corrected chi connectivity index (χ1v) is 5.74. The zero-order chi connectivity index (χ0) is 11.1. The first kappa shape index (κ1) is 12.2. The topological polar surface area (TPSA) is 24.9 Å². The third kappa shape index (κ3) is 4.93. The molecular formula is C13H22N2. The molecule has 1 N–H and O–H groups in total. The predicted molar refractivity (Wildman–Crippen MR) is 64.9 cm³/mol. The molecule has 0 atom stereocenters. The number of hydrogen-bond acceptors (Lipinski definition) is 2. The lowest BCUT2D eigenvalue weighted by molar-refractivity contribution is 0.326. The van der Waals surface area contributed by atoms with E-state index in [9.17, 15) is 0 Å². The Morgan fingerprint density at radius 1 is 1.40 bits per heavy atom. The Kier molecular flexibility index (Phi) is 4.76. The minimum Gasteiger partial charge on any atom is -0.317 e. The normalized spacial score (nSPS) is 11.7. The molecule has 0 saturated carbocycles. The zero-order valence-electron chi connectivity index (χ0n) is 10.1. The molecule has 0 aliphatic heterocycles. The van der Waals surface area contributed by atoms with Crippen molar-refractivity contribution < 1.29 is 0 Å². The van der Waals surface area contributed by atoms with Gasteiger partial charge in [-0.2, -0.15) is 0 Å². The Labute approximate surface area is 93.1 Å². The molecule has 2 heteroatoms. The third-order valence-corrected chi connectivity index (χ3v) is 2.63. The Morgan fingerprint density at radius 3 is 2.80 bits per heavy atom. The highest BCUT2D eigenvalue weighted by Gasteiger charge is 2.17. The van der Waals surface area contributed by atoms with Crippen LogP contribution in [0.15, 0.2) is 24.5 Å². The zero-order valence-corrected chi connectivity index (χ0v) is 10.1. The summed E-state index contributed by atoms with van der Waals surface area (Å²) < 4.78 is 0. The summed E-state index contributed by atoms with van der Waals surface area (Å²) >= 11 is 0. The van der Waals surface area contributed by atoms with E-state index >= 15 is 0 Å². The summed E-state index contributed by atoms with van der Waals surface area (Å²) in [6.45, 7) is 8.94. The summed E-state index contributed by atoms with van der Waals surface area (Å²) in [5.41, 5.74) is 1.68. The van der Waals surface area contributed by atoms with Crippen LogP contribution in [0.4, 0.5) is 0 Å². The fraction of sp³-hybridized carbons (Fsp3) is 0.615. The van der Waals surface area contributed by atoms with Crippen LogP contribution in [-0.4, -0.2) is 18.1 Å². The van der Waals surface area contributed by atoms with Crippen LogP contribution in [0, 0.1) is 5.41 Å². The van der Waals surface area contributed by atoms with Gasteiger partial charge >= 0.3 is 0 Å². The van der Waals surface area contributed by atoms with E-state index in [1.54, 1.807) is 0 Å². The second-order valence-electron chi connectivity index (χ2n) is 4.81. The number of aromatic nitrogens is 1. The molecule has 1 heterocycles. The molecule has 0 radical (unpaired) electrons. The largest absolute Gasteiger partial charge is 0.317 e. The van der Waals surface area contributed by atoms with E-state index in [0.717, 1.165) is 19.5 Å². The maximum atomic E-state index is 4.15. The Balaban J connectivity index is 2.42. The minimum absolute atomic E-state index is 0.352. The molecule has 0 saturated heterocycles. The Morgan fingerprint density at radius 2 is 2.20 bits per heavy atom. The van der Waals surface area contributed by atoms with Gasteiger partial charge < -0.3 is 5.32 Å². The van der Waals surface area contributed by atoms with E-state index in [1.807, 2.05) is 18.5 Å². The van der Waals surface area contributed by atoms with Gasteiger partial charge in [0.05, 0.1) is 0 Å². The molecule has 0 aliphatic rings. The van der Waals surface area contributed by atoms with Gasteiger partial charge in [-0.1, -0.05) is 26.8 Å². The van der Waals surface area contributed by atoms with Gasteiger partial charge in [0.15, 0.2) is 0 Å². The summed E-state index contributed by atoms with van der Waals surface area (Å²) in [7, 11) is 0. The molecule has 1 aromatic heterocycles. The minimum atomic E-state index is 0.352. The quantitative estimate of drug-likeness (QED) is 0.724. The van der Waals surface area contributed by atoms with Crippen molar-refractivity contribution in [2.45, 2.75) is 33.6 Å². The number of pyridine rings is 1. The van der Waals surface area contributed by atoms with Crippen molar-refractivity contribution in [2.75, 3.05) is 13.1 Å². The lowest BCUT2D eigenvalue weighted by Gasteiger charge is -2.24. The van der Waals surface area contributed by atoms with Gasteiger partial charge in [0.1, 0.15) is 0 Å². The van der Waals surface area contributed by atoms with E-state index < -0.39 is 0 Å². The molecule has 0 aliphatic carbocycles. The van der Waals surface area contributed by atoms with E-state index in [2.05, 4.69) is 37.1 Å². The fourth-order valence-electron chi connectivity index (χ4n) is 1.75. The highest BCUT2D eigenvalue weighted by atomic mass is 14.8. The van der Waals surface area contributed by atoms with Crippen LogP contribution in [0.2, 0.25) is 0 Å². The van der Waals surface area contributed by atoms with Crippen molar-refractivity contribution >= 4 is 0 Å². The maximum absolute atomic E-state index is 4.15. The molecule has 2 nitrogen and oxygen atoms in total. The molecule has 0 bridgehead atoms. The molecule has 1 aromatic rings. The van der Waals surface area contributed by atoms with Gasteiger partial charge in [-0.05, 0) is 43.0 Å². The van der Waals surface area contributed by atoms with Crippen LogP contribution in [0.3, 0.4) is 0 Å². The first-order chi connectivity index (χ1) is 7.14. The van der Waals surface area contributed by atoms with Gasteiger partial charge in [-0.3, -0.25) is 4.98 Å². The van der Waals surface area contributed by atoms with E-state index in [0.29, 0.717) is 5.41 Å². The van der Waals surface area contributed by atoms with Crippen molar-refractivity contribution in [2.24, 2.45) is 5.41 Å². The van der Waals surface area contributed by atoms with Crippen LogP contribution in [0.1, 0.15) is 32.8 Å². The van der Waals surface area contributed by atoms with Crippen molar-refractivity contribution in [3.63, 3.8) is 0 Å². The second kappa shape index (κ2) is 5.86. The number of rotatable bonds is 6. The molecule has 0 fully saturated rings. The van der Waals surface area contributed by atoms with Crippen LogP contribution >= 0.6 is 0 Å². The van der Waals surface area contributed by atoms with Crippen molar-refractivity contribution in [3.8, 4) is 0 Å². The molecule has 0 amide bonds. The molecule has 15 heavy (non-hydrogen) atoms. The number of hydrogen-bond donors (Lipinski definition) is 1. The van der Waals surface area contributed by atoms with Gasteiger partial charge in [0.2, 0.25) is 0 Å². The van der Waals surface area contributed by atoms with E-state index in [-0.39, 0.29) is 0 Å². The van der Waals surface area contributed by atoms with Crippen molar-refractivity contribution in [1.29, 1.82) is 0 Å². The van der Waals surface area contributed by atoms with Crippen molar-refractivity contribution in [1.82, 2.24) is 10.3 Å². The lowest BCUT2D eigenvalue weighted by atomic mass is 9.83. The molecule has 0 aromatic carbocycles. The van der Waals surface area contributed by atoms with Crippen LogP contribution in [0.25, 0.3) is 0 Å². The standard InChI is InChI=1S/C13H22N2/c1-4-14-9-7-13(2,3)10-12-6-5-8-15-11-12/h5-6,8,11,14H,4,7,9-10H2,1-3H3. The molecule has 0 spiro atoms. The monoisotopic (exact) mass is 206 g/mol. The highest BCUT2D eigenvalue weighted by molar-refractivity contribution is 5.10. The number of nitrogens with one attached hydrogen (secondary N) is 1. The van der Waals surface area contributed by atoms with E-state index in [4.69, 9.17) is 0 Å². The summed E-state index contributed by atoms with van der Waals surface area (Å²) in [5, 5.41) is 3.37. The Bertz CT molecular complexity index is 267. The molecule has 1 rings (SSSR count). The van der Waals surface area contributed by atoms with E-state index in [1.165, 1.54) is 12.0 Å². The maximum Gasteiger partial charge on any atom is 0.0300 e. The summed E-state index contributed by atoms with van der Waals surface area (Å²) in [5.74, 6) is 0. The van der Waals surface area contributed by atoms with Crippen LogP contribution in [-0.2, 0) is 6.42 Å². The predicted octanol–water partition coefficient (Wildman–Crippen LogP) is 2.65. The average Bonchev–Trinajstić information content (AvgIpc) is 2.18. The van der Waals surface area contributed by atoms with Gasteiger partial charge in [0, 0.05) is 12.4 Å². The third-order valence-electron chi connectivity index (χ3n) is 2.63. The number of nitrogens with zero attached hydrogens (tertiary/aromatic N) is 1. The molecule has 0 unspecified atom stereocenters. The van der Waals surface area contributed by atoms with Gasteiger partial charge in [-0.15, -0.1) is 0 Å². The average molecular weight is 206 g/mol. The van der Waals surface area contributed by atoms with Crippen LogP contribution in [0.5, 0.6) is 0 Å². The van der Waals surface area contributed by atoms with Gasteiger partial charge in [-0.25, -0.2) is 0 Å². The summed E-state index contributed by atoms with van der Waals surface area (Å²) in [6, 6.07) is 4.16.